The number of nitrogens with zero attached hydrogens (tertiary/aromatic N) is 1. The minimum Gasteiger partial charge on any atom is -0.468 e. The SMILES string of the molecule is COC(=O)[C@H]1CCCCN1C1CS(=O)(=O)CC1O. The Morgan fingerprint density at radius 2 is 2.06 bits per heavy atom. The summed E-state index contributed by atoms with van der Waals surface area (Å²) < 4.78 is 27.8. The molecule has 2 unspecified atom stereocenters. The molecule has 0 radical (unpaired) electrons. The Morgan fingerprint density at radius 1 is 1.33 bits per heavy atom. The van der Waals surface area contributed by atoms with Crippen molar-refractivity contribution in [2.75, 3.05) is 25.2 Å². The number of methoxy groups -OCH3 is 1. The molecule has 2 aliphatic heterocycles. The summed E-state index contributed by atoms with van der Waals surface area (Å²) in [5.74, 6) is -0.616. The van der Waals surface area contributed by atoms with Gasteiger partial charge in [0.15, 0.2) is 9.84 Å². The zero-order valence-electron chi connectivity index (χ0n) is 10.4. The van der Waals surface area contributed by atoms with Crippen molar-refractivity contribution in [3.05, 3.63) is 0 Å². The first-order valence-electron chi connectivity index (χ1n) is 6.16. The molecule has 0 saturated carbocycles. The number of aliphatic hydroxyl groups excluding tert-OH is 1. The molecule has 0 spiro atoms. The number of hydrogen-bond donors (Lipinski definition) is 1. The quantitative estimate of drug-likeness (QED) is 0.663. The van der Waals surface area contributed by atoms with Crippen molar-refractivity contribution in [3.8, 4) is 0 Å². The van der Waals surface area contributed by atoms with Gasteiger partial charge in [-0.25, -0.2) is 8.42 Å². The van der Waals surface area contributed by atoms with Crippen LogP contribution in [0.25, 0.3) is 0 Å². The van der Waals surface area contributed by atoms with Crippen molar-refractivity contribution >= 4 is 15.8 Å². The normalized spacial score (nSPS) is 36.4. The van der Waals surface area contributed by atoms with Gasteiger partial charge < -0.3 is 9.84 Å². The third kappa shape index (κ3) is 2.67. The summed E-state index contributed by atoms with van der Waals surface area (Å²) in [6.45, 7) is 0.636. The number of likely N-dealkylation sites (tertiary alicyclic amines) is 1. The molecule has 3 atom stereocenters. The number of rotatable bonds is 2. The van der Waals surface area contributed by atoms with Crippen molar-refractivity contribution in [3.63, 3.8) is 0 Å². The maximum absolute atomic E-state index is 11.7. The van der Waals surface area contributed by atoms with E-state index in [4.69, 9.17) is 4.74 Å². The summed E-state index contributed by atoms with van der Waals surface area (Å²) in [6.07, 6.45) is 1.60. The van der Waals surface area contributed by atoms with E-state index in [1.165, 1.54) is 7.11 Å². The van der Waals surface area contributed by atoms with Crippen molar-refractivity contribution < 1.29 is 23.1 Å². The van der Waals surface area contributed by atoms with E-state index in [9.17, 15) is 18.3 Å². The van der Waals surface area contributed by atoms with Crippen LogP contribution in [-0.4, -0.2) is 67.7 Å². The van der Waals surface area contributed by atoms with E-state index in [1.807, 2.05) is 4.90 Å². The molecule has 0 aliphatic carbocycles. The second-order valence-electron chi connectivity index (χ2n) is 4.98. The highest BCUT2D eigenvalue weighted by atomic mass is 32.2. The maximum atomic E-state index is 11.7. The van der Waals surface area contributed by atoms with Gasteiger partial charge in [-0.05, 0) is 19.4 Å². The largest absolute Gasteiger partial charge is 0.468 e. The fraction of sp³-hybridized carbons (Fsp3) is 0.909. The molecule has 2 rings (SSSR count). The molecule has 2 aliphatic rings. The second-order valence-corrected chi connectivity index (χ2v) is 7.14. The Labute approximate surface area is 107 Å². The highest BCUT2D eigenvalue weighted by Crippen LogP contribution is 2.26. The molecule has 0 amide bonds. The summed E-state index contributed by atoms with van der Waals surface area (Å²) in [5, 5.41) is 9.88. The zero-order valence-corrected chi connectivity index (χ0v) is 11.2. The van der Waals surface area contributed by atoms with Crippen LogP contribution in [0.2, 0.25) is 0 Å². The summed E-state index contributed by atoms with van der Waals surface area (Å²) >= 11 is 0. The predicted molar refractivity (Wildman–Crippen MR) is 64.8 cm³/mol. The maximum Gasteiger partial charge on any atom is 0.323 e. The fourth-order valence-corrected chi connectivity index (χ4v) is 4.68. The van der Waals surface area contributed by atoms with E-state index in [0.717, 1.165) is 12.8 Å². The van der Waals surface area contributed by atoms with Gasteiger partial charge in [0.2, 0.25) is 0 Å². The van der Waals surface area contributed by atoms with Crippen LogP contribution in [0, 0.1) is 0 Å². The molecule has 2 saturated heterocycles. The standard InChI is InChI=1S/C11H19NO5S/c1-17-11(14)8-4-2-3-5-12(8)9-6-18(15,16)7-10(9)13/h8-10,13H,2-7H2,1H3/t8-,9?,10?/m1/s1. The fourth-order valence-electron chi connectivity index (χ4n) is 2.87. The highest BCUT2D eigenvalue weighted by molar-refractivity contribution is 7.91. The molecule has 18 heavy (non-hydrogen) atoms. The van der Waals surface area contributed by atoms with Gasteiger partial charge in [0.25, 0.3) is 0 Å². The Bertz CT molecular complexity index is 421. The topological polar surface area (TPSA) is 83.9 Å². The number of aliphatic hydroxyl groups is 1. The molecule has 0 bridgehead atoms. The van der Waals surface area contributed by atoms with Crippen LogP contribution in [0.5, 0.6) is 0 Å². The minimum atomic E-state index is -3.19. The Kier molecular flexibility index (Phi) is 3.93. The first-order chi connectivity index (χ1) is 8.44. The van der Waals surface area contributed by atoms with E-state index < -0.39 is 28.0 Å². The predicted octanol–water partition coefficient (Wildman–Crippen LogP) is -0.828. The Morgan fingerprint density at radius 3 is 2.61 bits per heavy atom. The third-order valence-electron chi connectivity index (χ3n) is 3.74. The number of hydrogen-bond acceptors (Lipinski definition) is 6. The summed E-state index contributed by atoms with van der Waals surface area (Å²) in [6, 6.07) is -0.893. The van der Waals surface area contributed by atoms with Gasteiger partial charge in [-0.2, -0.15) is 0 Å². The van der Waals surface area contributed by atoms with Gasteiger partial charge in [0, 0.05) is 0 Å². The van der Waals surface area contributed by atoms with Gasteiger partial charge >= 0.3 is 5.97 Å². The van der Waals surface area contributed by atoms with Crippen molar-refractivity contribution in [2.24, 2.45) is 0 Å². The van der Waals surface area contributed by atoms with Gasteiger partial charge in [0.05, 0.1) is 30.8 Å². The number of esters is 1. The molecule has 1 N–H and O–H groups in total. The first-order valence-corrected chi connectivity index (χ1v) is 7.99. The molecule has 0 aromatic carbocycles. The average molecular weight is 277 g/mol. The lowest BCUT2D eigenvalue weighted by Crippen LogP contribution is -2.54. The smallest absolute Gasteiger partial charge is 0.323 e. The van der Waals surface area contributed by atoms with Crippen LogP contribution in [0.1, 0.15) is 19.3 Å². The lowest BCUT2D eigenvalue weighted by atomic mass is 9.98. The summed E-state index contributed by atoms with van der Waals surface area (Å²) in [4.78, 5) is 13.5. The number of ether oxygens (including phenoxy) is 1. The summed E-state index contributed by atoms with van der Waals surface area (Å²) in [7, 11) is -1.86. The number of carbonyl (C=O) groups is 1. The minimum absolute atomic E-state index is 0.0678. The average Bonchev–Trinajstić information content (AvgIpc) is 2.61. The molecule has 7 heteroatoms. The highest BCUT2D eigenvalue weighted by Gasteiger charge is 2.44. The van der Waals surface area contributed by atoms with Crippen LogP contribution >= 0.6 is 0 Å². The Balaban J connectivity index is 2.17. The molecule has 0 aromatic rings. The van der Waals surface area contributed by atoms with E-state index in [-0.39, 0.29) is 17.5 Å². The van der Waals surface area contributed by atoms with Gasteiger partial charge in [-0.3, -0.25) is 9.69 Å². The van der Waals surface area contributed by atoms with E-state index in [1.54, 1.807) is 0 Å². The van der Waals surface area contributed by atoms with Gasteiger partial charge in [0.1, 0.15) is 6.04 Å². The van der Waals surface area contributed by atoms with Crippen LogP contribution in [-0.2, 0) is 19.4 Å². The van der Waals surface area contributed by atoms with Crippen LogP contribution < -0.4 is 0 Å². The third-order valence-corrected chi connectivity index (χ3v) is 5.44. The first kappa shape index (κ1) is 13.8. The van der Waals surface area contributed by atoms with Gasteiger partial charge in [-0.15, -0.1) is 0 Å². The van der Waals surface area contributed by atoms with E-state index in [2.05, 4.69) is 0 Å². The van der Waals surface area contributed by atoms with Crippen LogP contribution in [0.4, 0.5) is 0 Å². The summed E-state index contributed by atoms with van der Waals surface area (Å²) in [5.41, 5.74) is 0. The van der Waals surface area contributed by atoms with Crippen LogP contribution in [0.3, 0.4) is 0 Å². The lowest BCUT2D eigenvalue weighted by molar-refractivity contribution is -0.150. The number of piperidine rings is 1. The second kappa shape index (κ2) is 5.14. The molecule has 2 heterocycles. The van der Waals surface area contributed by atoms with Crippen molar-refractivity contribution in [2.45, 2.75) is 37.5 Å². The van der Waals surface area contributed by atoms with Gasteiger partial charge in [-0.1, -0.05) is 6.42 Å². The molecule has 6 nitrogen and oxygen atoms in total. The monoisotopic (exact) mass is 277 g/mol. The molecular weight excluding hydrogens is 258 g/mol. The van der Waals surface area contributed by atoms with E-state index >= 15 is 0 Å². The molecular formula is C11H19NO5S. The lowest BCUT2D eigenvalue weighted by Gasteiger charge is -2.38. The van der Waals surface area contributed by atoms with Crippen LogP contribution in [0.15, 0.2) is 0 Å². The number of carbonyl (C=O) groups excluding carboxylic acids is 1. The van der Waals surface area contributed by atoms with Crippen molar-refractivity contribution in [1.82, 2.24) is 4.90 Å². The number of sulfone groups is 1. The van der Waals surface area contributed by atoms with E-state index in [0.29, 0.717) is 13.0 Å². The molecule has 0 aromatic heterocycles. The zero-order chi connectivity index (χ0) is 13.3. The Hall–Kier alpha value is -0.660. The molecule has 104 valence electrons. The van der Waals surface area contributed by atoms with Crippen molar-refractivity contribution in [1.29, 1.82) is 0 Å². The molecule has 2 fully saturated rings.